The molecule has 4 nitrogen and oxygen atoms in total. The van der Waals surface area contributed by atoms with Gasteiger partial charge in [-0.1, -0.05) is 18.2 Å². The first-order chi connectivity index (χ1) is 10.1. The molecule has 0 heterocycles. The zero-order valence-corrected chi connectivity index (χ0v) is 11.5. The van der Waals surface area contributed by atoms with Crippen molar-refractivity contribution in [3.8, 4) is 5.75 Å². The monoisotopic (exact) mass is 290 g/mol. The fourth-order valence-corrected chi connectivity index (χ4v) is 1.87. The Morgan fingerprint density at radius 3 is 2.76 bits per heavy atom. The molecule has 21 heavy (non-hydrogen) atoms. The van der Waals surface area contributed by atoms with E-state index in [1.807, 2.05) is 0 Å². The minimum Gasteiger partial charge on any atom is -0.489 e. The fourth-order valence-electron chi connectivity index (χ4n) is 1.87. The van der Waals surface area contributed by atoms with E-state index in [9.17, 15) is 9.18 Å². The molecule has 0 aliphatic rings. The predicted molar refractivity (Wildman–Crippen MR) is 74.4 cm³/mol. The maximum absolute atomic E-state index is 13.2. The first kappa shape index (κ1) is 15.0. The van der Waals surface area contributed by atoms with Crippen LogP contribution in [0.2, 0.25) is 0 Å². The highest BCUT2D eigenvalue weighted by Crippen LogP contribution is 2.18. The molecule has 0 amide bonds. The molecule has 110 valence electrons. The molecule has 2 aromatic carbocycles. The third-order valence-corrected chi connectivity index (χ3v) is 2.95. The van der Waals surface area contributed by atoms with Crippen LogP contribution in [0, 0.1) is 5.82 Å². The Kier molecular flexibility index (Phi) is 4.90. The first-order valence-electron chi connectivity index (χ1n) is 6.33. The van der Waals surface area contributed by atoms with Crippen LogP contribution in [0.15, 0.2) is 42.5 Å². The van der Waals surface area contributed by atoms with Crippen molar-refractivity contribution in [2.24, 2.45) is 0 Å². The van der Waals surface area contributed by atoms with Crippen LogP contribution in [0.3, 0.4) is 0 Å². The molecule has 0 aromatic heterocycles. The van der Waals surface area contributed by atoms with Gasteiger partial charge in [0, 0.05) is 5.56 Å². The minimum absolute atomic E-state index is 0.0822. The second-order valence-corrected chi connectivity index (χ2v) is 4.39. The highest BCUT2D eigenvalue weighted by molar-refractivity contribution is 5.91. The number of rotatable bonds is 5. The number of aliphatic hydroxyl groups is 1. The van der Waals surface area contributed by atoms with Crippen LogP contribution in [-0.2, 0) is 18.0 Å². The number of ether oxygens (including phenoxy) is 2. The van der Waals surface area contributed by atoms with E-state index in [-0.39, 0.29) is 18.8 Å². The summed E-state index contributed by atoms with van der Waals surface area (Å²) in [6, 6.07) is 10.8. The zero-order valence-electron chi connectivity index (χ0n) is 11.5. The number of methoxy groups -OCH3 is 1. The van der Waals surface area contributed by atoms with Crippen molar-refractivity contribution in [2.45, 2.75) is 13.2 Å². The summed E-state index contributed by atoms with van der Waals surface area (Å²) in [5, 5.41) is 9.07. The van der Waals surface area contributed by atoms with Crippen molar-refractivity contribution in [1.82, 2.24) is 0 Å². The minimum atomic E-state index is -0.614. The summed E-state index contributed by atoms with van der Waals surface area (Å²) in [5.74, 6) is -0.569. The summed E-state index contributed by atoms with van der Waals surface area (Å²) in [4.78, 5) is 11.6. The number of esters is 1. The number of halogens is 1. The number of carbonyl (C=O) groups is 1. The number of aliphatic hydroxyl groups excluding tert-OH is 1. The van der Waals surface area contributed by atoms with Gasteiger partial charge in [-0.25, -0.2) is 9.18 Å². The quantitative estimate of drug-likeness (QED) is 0.860. The third-order valence-electron chi connectivity index (χ3n) is 2.95. The molecule has 2 aromatic rings. The number of benzene rings is 2. The molecule has 0 aliphatic heterocycles. The molecule has 0 radical (unpaired) electrons. The van der Waals surface area contributed by atoms with E-state index in [1.165, 1.54) is 19.2 Å². The average Bonchev–Trinajstić information content (AvgIpc) is 2.53. The zero-order chi connectivity index (χ0) is 15.2. The van der Waals surface area contributed by atoms with Crippen molar-refractivity contribution in [3.63, 3.8) is 0 Å². The van der Waals surface area contributed by atoms with E-state index in [0.717, 1.165) is 11.6 Å². The topological polar surface area (TPSA) is 55.8 Å². The third kappa shape index (κ3) is 3.79. The predicted octanol–water partition coefficient (Wildman–Crippen LogP) is 2.68. The maximum atomic E-state index is 13.2. The Morgan fingerprint density at radius 2 is 2.05 bits per heavy atom. The van der Waals surface area contributed by atoms with Gasteiger partial charge >= 0.3 is 5.97 Å². The average molecular weight is 290 g/mol. The lowest BCUT2D eigenvalue weighted by atomic mass is 10.1. The molecule has 0 saturated heterocycles. The smallest absolute Gasteiger partial charge is 0.338 e. The molecule has 5 heteroatoms. The van der Waals surface area contributed by atoms with Gasteiger partial charge in [0.05, 0.1) is 19.3 Å². The van der Waals surface area contributed by atoms with Gasteiger partial charge in [0.15, 0.2) is 0 Å². The van der Waals surface area contributed by atoms with Gasteiger partial charge in [-0.3, -0.25) is 0 Å². The molecule has 0 fully saturated rings. The fraction of sp³-hybridized carbons (Fsp3) is 0.188. The molecule has 1 N–H and O–H groups in total. The van der Waals surface area contributed by atoms with Crippen molar-refractivity contribution in [1.29, 1.82) is 0 Å². The van der Waals surface area contributed by atoms with Crippen LogP contribution in [-0.4, -0.2) is 18.2 Å². The lowest BCUT2D eigenvalue weighted by Crippen LogP contribution is -2.08. The second-order valence-electron chi connectivity index (χ2n) is 4.39. The lowest BCUT2D eigenvalue weighted by molar-refractivity contribution is 0.0597. The SMILES string of the molecule is COC(=O)c1cc(F)ccc1COc1cccc(CO)c1. The van der Waals surface area contributed by atoms with E-state index < -0.39 is 11.8 Å². The molecular weight excluding hydrogens is 275 g/mol. The second kappa shape index (κ2) is 6.85. The molecular formula is C16H15FO4. The summed E-state index contributed by atoms with van der Waals surface area (Å²) < 4.78 is 23.4. The molecule has 0 unspecified atom stereocenters. The summed E-state index contributed by atoms with van der Waals surface area (Å²) in [5.41, 5.74) is 1.38. The molecule has 0 atom stereocenters. The van der Waals surface area contributed by atoms with Gasteiger partial charge in [-0.2, -0.15) is 0 Å². The first-order valence-corrected chi connectivity index (χ1v) is 6.33. The Labute approximate surface area is 121 Å². The van der Waals surface area contributed by atoms with E-state index in [4.69, 9.17) is 9.84 Å². The maximum Gasteiger partial charge on any atom is 0.338 e. The normalized spacial score (nSPS) is 10.2. The number of hydrogen-bond acceptors (Lipinski definition) is 4. The highest BCUT2D eigenvalue weighted by atomic mass is 19.1. The van der Waals surface area contributed by atoms with Gasteiger partial charge in [0.2, 0.25) is 0 Å². The van der Waals surface area contributed by atoms with Gasteiger partial charge in [0.25, 0.3) is 0 Å². The Balaban J connectivity index is 2.17. The summed E-state index contributed by atoms with van der Waals surface area (Å²) in [7, 11) is 1.24. The van der Waals surface area contributed by atoms with Crippen molar-refractivity contribution in [3.05, 3.63) is 65.0 Å². The summed E-state index contributed by atoms with van der Waals surface area (Å²) in [6.45, 7) is 0.0146. The number of carbonyl (C=O) groups excluding carboxylic acids is 1. The Bertz CT molecular complexity index is 640. The van der Waals surface area contributed by atoms with Gasteiger partial charge < -0.3 is 14.6 Å². The van der Waals surface area contributed by atoms with Crippen LogP contribution in [0.25, 0.3) is 0 Å². The van der Waals surface area contributed by atoms with Crippen LogP contribution in [0.4, 0.5) is 4.39 Å². The van der Waals surface area contributed by atoms with Crippen LogP contribution in [0.5, 0.6) is 5.75 Å². The Hall–Kier alpha value is -2.40. The largest absolute Gasteiger partial charge is 0.489 e. The van der Waals surface area contributed by atoms with Crippen molar-refractivity contribution < 1.29 is 23.8 Å². The summed E-state index contributed by atoms with van der Waals surface area (Å²) in [6.07, 6.45) is 0. The van der Waals surface area contributed by atoms with Crippen LogP contribution < -0.4 is 4.74 Å². The van der Waals surface area contributed by atoms with E-state index >= 15 is 0 Å². The van der Waals surface area contributed by atoms with Crippen LogP contribution >= 0.6 is 0 Å². The highest BCUT2D eigenvalue weighted by Gasteiger charge is 2.13. The molecule has 0 spiro atoms. The Morgan fingerprint density at radius 1 is 1.24 bits per heavy atom. The van der Waals surface area contributed by atoms with E-state index in [2.05, 4.69) is 4.74 Å². The van der Waals surface area contributed by atoms with Gasteiger partial charge in [-0.15, -0.1) is 0 Å². The number of hydrogen-bond donors (Lipinski definition) is 1. The van der Waals surface area contributed by atoms with Crippen molar-refractivity contribution >= 4 is 5.97 Å². The van der Waals surface area contributed by atoms with Gasteiger partial charge in [0.1, 0.15) is 18.2 Å². The standard InChI is InChI=1S/C16H15FO4/c1-20-16(19)15-8-13(17)6-5-12(15)10-21-14-4-2-3-11(7-14)9-18/h2-8,18H,9-10H2,1H3. The molecule has 0 saturated carbocycles. The van der Waals surface area contributed by atoms with Crippen LogP contribution in [0.1, 0.15) is 21.5 Å². The molecule has 0 aliphatic carbocycles. The van der Waals surface area contributed by atoms with E-state index in [0.29, 0.717) is 11.3 Å². The summed E-state index contributed by atoms with van der Waals surface area (Å²) >= 11 is 0. The van der Waals surface area contributed by atoms with Gasteiger partial charge in [-0.05, 0) is 29.8 Å². The lowest BCUT2D eigenvalue weighted by Gasteiger charge is -2.10. The van der Waals surface area contributed by atoms with Crippen molar-refractivity contribution in [2.75, 3.05) is 7.11 Å². The molecule has 0 bridgehead atoms. The molecule has 2 rings (SSSR count). The van der Waals surface area contributed by atoms with E-state index in [1.54, 1.807) is 24.3 Å².